The molecule has 0 fully saturated rings. The van der Waals surface area contributed by atoms with Crippen LogP contribution in [0.25, 0.3) is 0 Å². The van der Waals surface area contributed by atoms with Crippen molar-refractivity contribution in [2.45, 2.75) is 0 Å². The van der Waals surface area contributed by atoms with Gasteiger partial charge in [-0.05, 0) is 0 Å². The Morgan fingerprint density at radius 1 is 1.67 bits per heavy atom. The highest BCUT2D eigenvalue weighted by Gasteiger charge is 1.66. The van der Waals surface area contributed by atoms with Crippen LogP contribution in [0, 0.1) is 5.41 Å². The lowest BCUT2D eigenvalue weighted by Gasteiger charge is -1.95. The molecular weight excluding hydrogens is 78.1 g/mol. The van der Waals surface area contributed by atoms with Crippen LogP contribution in [0.1, 0.15) is 0 Å². The quantitative estimate of drug-likeness (QED) is 0.359. The summed E-state index contributed by atoms with van der Waals surface area (Å²) in [7, 11) is 3.48. The minimum atomic E-state index is 1.51. The van der Waals surface area contributed by atoms with E-state index in [0.717, 1.165) is 0 Å². The molecule has 0 heterocycles. The van der Waals surface area contributed by atoms with E-state index in [1.165, 1.54) is 5.01 Å². The van der Waals surface area contributed by atoms with Crippen molar-refractivity contribution in [1.82, 2.24) is 5.01 Å². The molecule has 0 aliphatic carbocycles. The van der Waals surface area contributed by atoms with Crippen molar-refractivity contribution < 1.29 is 0 Å². The maximum Gasteiger partial charge on any atom is 0.111 e. The molecule has 0 radical (unpaired) electrons. The van der Waals surface area contributed by atoms with Crippen LogP contribution in [0.4, 0.5) is 0 Å². The normalized spacial score (nSPS) is 6.33. The van der Waals surface area contributed by atoms with Gasteiger partial charge >= 0.3 is 0 Å². The third-order valence-electron chi connectivity index (χ3n) is 0.250. The van der Waals surface area contributed by atoms with Gasteiger partial charge in [0.25, 0.3) is 0 Å². The molecule has 0 aliphatic heterocycles. The van der Waals surface area contributed by atoms with Crippen molar-refractivity contribution in [2.75, 3.05) is 14.1 Å². The van der Waals surface area contributed by atoms with Gasteiger partial charge in [-0.15, -0.1) is 5.10 Å². The van der Waals surface area contributed by atoms with Crippen LogP contribution in [0.15, 0.2) is 5.10 Å². The first-order valence-corrected chi connectivity index (χ1v) is 1.57. The van der Waals surface area contributed by atoms with E-state index < -0.39 is 0 Å². The van der Waals surface area contributed by atoms with E-state index in [0.29, 0.717) is 0 Å². The number of hydrazone groups is 1. The first-order valence-electron chi connectivity index (χ1n) is 1.57. The van der Waals surface area contributed by atoms with E-state index in [-0.39, 0.29) is 0 Å². The minimum Gasteiger partial charge on any atom is -0.294 e. The molecule has 6 heavy (non-hydrogen) atoms. The fourth-order valence-corrected chi connectivity index (χ4v) is 0.100. The highest BCUT2D eigenvalue weighted by Crippen LogP contribution is 1.64. The van der Waals surface area contributed by atoms with Gasteiger partial charge in [-0.2, -0.15) is 0 Å². The average Bonchev–Trinajstić information content (AvgIpc) is 1.35. The minimum absolute atomic E-state index is 1.51. The third kappa shape index (κ3) is 3.18. The molecule has 3 nitrogen and oxygen atoms in total. The van der Waals surface area contributed by atoms with Crippen LogP contribution in [-0.2, 0) is 0 Å². The lowest BCUT2D eigenvalue weighted by atomic mass is 11.2. The number of rotatable bonds is 1. The molecule has 0 aromatic carbocycles. The largest absolute Gasteiger partial charge is 0.294 e. The van der Waals surface area contributed by atoms with Crippen molar-refractivity contribution >= 4 is 6.01 Å². The van der Waals surface area contributed by atoms with Crippen LogP contribution in [0.5, 0.6) is 0 Å². The van der Waals surface area contributed by atoms with Gasteiger partial charge < -0.3 is 0 Å². The Morgan fingerprint density at radius 2 is 2.17 bits per heavy atom. The third-order valence-corrected chi connectivity index (χ3v) is 0.250. The van der Waals surface area contributed by atoms with Gasteiger partial charge in [0, 0.05) is 14.1 Å². The molecule has 0 saturated carbocycles. The summed E-state index contributed by atoms with van der Waals surface area (Å²) in [4.78, 5) is 0. The van der Waals surface area contributed by atoms with Crippen LogP contribution in [0.2, 0.25) is 0 Å². The molecule has 0 aromatic rings. The molecule has 0 amide bonds. The predicted octanol–water partition coefficient (Wildman–Crippen LogP) is 0.216. The topological polar surface area (TPSA) is 39.5 Å². The zero-order valence-electron chi connectivity index (χ0n) is 3.89. The number of hydrogen-bond donors (Lipinski definition) is 1. The molecule has 1 N–H and O–H groups in total. The van der Waals surface area contributed by atoms with Gasteiger partial charge in [0.05, 0.1) is 0 Å². The maximum atomic E-state index is 6.27. The molecule has 0 rings (SSSR count). The molecule has 3 heteroatoms. The fourth-order valence-electron chi connectivity index (χ4n) is 0.100. The summed E-state index contributed by atoms with van der Waals surface area (Å²) in [5.74, 6) is 0. The lowest BCUT2D eigenvalue weighted by Crippen LogP contribution is -1.99. The van der Waals surface area contributed by atoms with Crippen LogP contribution in [-0.4, -0.2) is 25.1 Å². The molecule has 0 bridgehead atoms. The Labute approximate surface area is 36.8 Å². The molecule has 0 atom stereocenters. The second-order valence-corrected chi connectivity index (χ2v) is 1.06. The van der Waals surface area contributed by atoms with Gasteiger partial charge in [-0.1, -0.05) is 0 Å². The molecule has 0 unspecified atom stereocenters. The van der Waals surface area contributed by atoms with E-state index in [4.69, 9.17) is 5.41 Å². The Kier molecular flexibility index (Phi) is 2.09. The van der Waals surface area contributed by atoms with Gasteiger partial charge in [-0.3, -0.25) is 5.01 Å². The van der Waals surface area contributed by atoms with Gasteiger partial charge in [0.15, 0.2) is 0 Å². The van der Waals surface area contributed by atoms with E-state index >= 15 is 0 Å². The number of nitrogens with one attached hydrogen (secondary N) is 1. The second kappa shape index (κ2) is 2.42. The monoisotopic (exact) mass is 85.1 g/mol. The maximum absolute atomic E-state index is 6.27. The Hall–Kier alpha value is -0.820. The zero-order chi connectivity index (χ0) is 4.99. The molecule has 0 saturated heterocycles. The first kappa shape index (κ1) is 5.18. The van der Waals surface area contributed by atoms with Gasteiger partial charge in [0.2, 0.25) is 0 Å². The van der Waals surface area contributed by atoms with Crippen molar-refractivity contribution in [2.24, 2.45) is 5.10 Å². The summed E-state index contributed by atoms with van der Waals surface area (Å²) in [6.07, 6.45) is 0. The standard InChI is InChI=1S/C3H7N3/c1-6(2)5-3-4/h4H,1-2H3. The average molecular weight is 85.1 g/mol. The smallest absolute Gasteiger partial charge is 0.111 e. The first-order chi connectivity index (χ1) is 2.77. The highest BCUT2D eigenvalue weighted by atomic mass is 15.4. The van der Waals surface area contributed by atoms with Gasteiger partial charge in [-0.25, -0.2) is 5.41 Å². The van der Waals surface area contributed by atoms with Crippen molar-refractivity contribution in [3.8, 4) is 0 Å². The highest BCUT2D eigenvalue weighted by molar-refractivity contribution is 5.34. The predicted molar refractivity (Wildman–Crippen MR) is 23.8 cm³/mol. The molecule has 0 aromatic heterocycles. The molecule has 0 spiro atoms. The summed E-state index contributed by atoms with van der Waals surface area (Å²) in [6, 6.07) is 1.87. The molecule has 34 valence electrons. The van der Waals surface area contributed by atoms with Crippen LogP contribution in [0.3, 0.4) is 0 Å². The van der Waals surface area contributed by atoms with Crippen molar-refractivity contribution in [3.63, 3.8) is 0 Å². The number of nitrogens with zero attached hydrogens (tertiary/aromatic N) is 2. The Morgan fingerprint density at radius 3 is 2.17 bits per heavy atom. The fraction of sp³-hybridized carbons (Fsp3) is 0.667. The van der Waals surface area contributed by atoms with E-state index in [2.05, 4.69) is 5.10 Å². The van der Waals surface area contributed by atoms with Gasteiger partial charge in [0.1, 0.15) is 6.01 Å². The Balaban J connectivity index is 3.29. The summed E-state index contributed by atoms with van der Waals surface area (Å²) < 4.78 is 0. The lowest BCUT2D eigenvalue weighted by molar-refractivity contribution is 0.440. The summed E-state index contributed by atoms with van der Waals surface area (Å²) >= 11 is 0. The van der Waals surface area contributed by atoms with Crippen molar-refractivity contribution in [1.29, 1.82) is 5.41 Å². The number of hydrogen-bond acceptors (Lipinski definition) is 3. The van der Waals surface area contributed by atoms with E-state index in [1.807, 2.05) is 6.01 Å². The zero-order valence-corrected chi connectivity index (χ0v) is 3.89. The summed E-state index contributed by atoms with van der Waals surface area (Å²) in [6.45, 7) is 0. The van der Waals surface area contributed by atoms with Crippen LogP contribution >= 0.6 is 0 Å². The summed E-state index contributed by atoms with van der Waals surface area (Å²) in [5, 5.41) is 11.2. The van der Waals surface area contributed by atoms with Crippen molar-refractivity contribution in [3.05, 3.63) is 0 Å². The van der Waals surface area contributed by atoms with E-state index in [1.54, 1.807) is 14.1 Å². The SMILES string of the molecule is CN(C)N=C=N. The Bertz CT molecular complexity index is 70.1. The van der Waals surface area contributed by atoms with E-state index in [9.17, 15) is 0 Å². The summed E-state index contributed by atoms with van der Waals surface area (Å²) in [5.41, 5.74) is 0. The molecular formula is C3H7N3. The second-order valence-electron chi connectivity index (χ2n) is 1.06. The molecule has 0 aliphatic rings. The van der Waals surface area contributed by atoms with Crippen LogP contribution < -0.4 is 0 Å².